The van der Waals surface area contributed by atoms with Crippen molar-refractivity contribution in [1.29, 1.82) is 0 Å². The Labute approximate surface area is 166 Å². The molecule has 3 nitrogen and oxygen atoms in total. The van der Waals surface area contributed by atoms with Crippen LogP contribution in [-0.2, 0) is 0 Å². The molecule has 0 aliphatic carbocycles. The van der Waals surface area contributed by atoms with Gasteiger partial charge in [-0.05, 0) is 11.0 Å². The molecule has 1 heterocycles. The molecule has 3 aromatic carbocycles. The highest BCUT2D eigenvalue weighted by Gasteiger charge is 2.27. The summed E-state index contributed by atoms with van der Waals surface area (Å²) in [7, 11) is 0. The van der Waals surface area contributed by atoms with Crippen LogP contribution < -0.4 is 5.32 Å². The lowest BCUT2D eigenvalue weighted by atomic mass is 9.82. The first-order valence-electron chi connectivity index (χ1n) is 9.66. The standard InChI is InChI=1S/C25H25N3/c1-25(2,3)23(19-14-8-5-9-15-19)26-24-21-17-11-10-16-20(21)22(27-28-24)18-12-6-4-7-13-18/h4-17,23H,1-3H3,(H,26,28). The molecule has 1 unspecified atom stereocenters. The first-order chi connectivity index (χ1) is 13.5. The van der Waals surface area contributed by atoms with Crippen LogP contribution in [0.2, 0.25) is 0 Å². The van der Waals surface area contributed by atoms with Crippen LogP contribution >= 0.6 is 0 Å². The van der Waals surface area contributed by atoms with E-state index in [0.717, 1.165) is 27.8 Å². The zero-order valence-corrected chi connectivity index (χ0v) is 16.6. The summed E-state index contributed by atoms with van der Waals surface area (Å²) in [4.78, 5) is 0. The Bertz CT molecular complexity index is 1070. The summed E-state index contributed by atoms with van der Waals surface area (Å²) in [6.45, 7) is 6.73. The summed E-state index contributed by atoms with van der Waals surface area (Å²) in [6.07, 6.45) is 0. The third-order valence-corrected chi connectivity index (χ3v) is 5.01. The molecule has 28 heavy (non-hydrogen) atoms. The van der Waals surface area contributed by atoms with E-state index < -0.39 is 0 Å². The molecule has 4 aromatic rings. The third-order valence-electron chi connectivity index (χ3n) is 5.01. The molecule has 0 fully saturated rings. The van der Waals surface area contributed by atoms with Crippen molar-refractivity contribution in [1.82, 2.24) is 10.2 Å². The lowest BCUT2D eigenvalue weighted by Crippen LogP contribution is -2.26. The maximum atomic E-state index is 4.60. The monoisotopic (exact) mass is 367 g/mol. The minimum absolute atomic E-state index is 0.0161. The average Bonchev–Trinajstić information content (AvgIpc) is 2.72. The van der Waals surface area contributed by atoms with Gasteiger partial charge in [0.05, 0.1) is 6.04 Å². The molecule has 0 saturated carbocycles. The third kappa shape index (κ3) is 3.61. The Kier molecular flexibility index (Phi) is 4.82. The molecule has 0 aliphatic heterocycles. The van der Waals surface area contributed by atoms with Gasteiger partial charge in [0.2, 0.25) is 0 Å². The van der Waals surface area contributed by atoms with Crippen LogP contribution in [0, 0.1) is 5.41 Å². The molecule has 1 aromatic heterocycles. The molecular formula is C25H25N3. The molecule has 1 N–H and O–H groups in total. The molecule has 0 saturated heterocycles. The van der Waals surface area contributed by atoms with Crippen LogP contribution in [0.15, 0.2) is 84.9 Å². The smallest absolute Gasteiger partial charge is 0.157 e. The summed E-state index contributed by atoms with van der Waals surface area (Å²) < 4.78 is 0. The first kappa shape index (κ1) is 18.2. The summed E-state index contributed by atoms with van der Waals surface area (Å²) in [6, 6.07) is 29.2. The van der Waals surface area contributed by atoms with E-state index in [1.807, 2.05) is 24.3 Å². The van der Waals surface area contributed by atoms with E-state index in [1.54, 1.807) is 0 Å². The van der Waals surface area contributed by atoms with Crippen molar-refractivity contribution >= 4 is 16.6 Å². The van der Waals surface area contributed by atoms with Crippen molar-refractivity contribution in [2.75, 3.05) is 5.32 Å². The average molecular weight is 367 g/mol. The van der Waals surface area contributed by atoms with E-state index in [4.69, 9.17) is 0 Å². The van der Waals surface area contributed by atoms with Crippen molar-refractivity contribution in [3.63, 3.8) is 0 Å². The maximum Gasteiger partial charge on any atom is 0.157 e. The molecule has 0 bridgehead atoms. The highest BCUT2D eigenvalue weighted by Crippen LogP contribution is 2.37. The van der Waals surface area contributed by atoms with Crippen molar-refractivity contribution < 1.29 is 0 Å². The number of anilines is 1. The van der Waals surface area contributed by atoms with E-state index in [0.29, 0.717) is 0 Å². The van der Waals surface area contributed by atoms with E-state index in [2.05, 4.69) is 96.9 Å². The molecule has 1 atom stereocenters. The summed E-state index contributed by atoms with van der Waals surface area (Å²) in [5.74, 6) is 0.819. The Morgan fingerprint density at radius 3 is 1.89 bits per heavy atom. The fourth-order valence-corrected chi connectivity index (χ4v) is 3.60. The van der Waals surface area contributed by atoms with Gasteiger partial charge >= 0.3 is 0 Å². The molecule has 0 aliphatic rings. The van der Waals surface area contributed by atoms with Gasteiger partial charge in [0.25, 0.3) is 0 Å². The number of hydrogen-bond acceptors (Lipinski definition) is 3. The number of fused-ring (bicyclic) bond motifs is 1. The van der Waals surface area contributed by atoms with Gasteiger partial charge in [-0.3, -0.25) is 0 Å². The number of rotatable bonds is 4. The first-order valence-corrected chi connectivity index (χ1v) is 9.66. The largest absolute Gasteiger partial charge is 0.361 e. The van der Waals surface area contributed by atoms with Crippen LogP contribution in [0.25, 0.3) is 22.0 Å². The molecular weight excluding hydrogens is 342 g/mol. The molecule has 0 spiro atoms. The van der Waals surface area contributed by atoms with Gasteiger partial charge in [0, 0.05) is 16.3 Å². The van der Waals surface area contributed by atoms with E-state index in [9.17, 15) is 0 Å². The number of nitrogens with zero attached hydrogens (tertiary/aromatic N) is 2. The second-order valence-corrected chi connectivity index (χ2v) is 8.16. The van der Waals surface area contributed by atoms with Gasteiger partial charge in [0.15, 0.2) is 5.82 Å². The zero-order chi connectivity index (χ0) is 19.6. The van der Waals surface area contributed by atoms with Crippen molar-refractivity contribution in [3.8, 4) is 11.3 Å². The van der Waals surface area contributed by atoms with Gasteiger partial charge < -0.3 is 5.32 Å². The van der Waals surface area contributed by atoms with Gasteiger partial charge in [-0.15, -0.1) is 10.2 Å². The topological polar surface area (TPSA) is 37.8 Å². The number of aromatic nitrogens is 2. The van der Waals surface area contributed by atoms with Crippen molar-refractivity contribution in [3.05, 3.63) is 90.5 Å². The molecule has 140 valence electrons. The highest BCUT2D eigenvalue weighted by atomic mass is 15.2. The SMILES string of the molecule is CC(C)(C)C(Nc1nnc(-c2ccccc2)c2ccccc12)c1ccccc1. The van der Waals surface area contributed by atoms with Crippen LogP contribution in [0.3, 0.4) is 0 Å². The van der Waals surface area contributed by atoms with Crippen LogP contribution in [-0.4, -0.2) is 10.2 Å². The minimum atomic E-state index is 0.0161. The quantitative estimate of drug-likeness (QED) is 0.447. The molecule has 3 heteroatoms. The fourth-order valence-electron chi connectivity index (χ4n) is 3.60. The van der Waals surface area contributed by atoms with Crippen molar-refractivity contribution in [2.24, 2.45) is 5.41 Å². The minimum Gasteiger partial charge on any atom is -0.361 e. The van der Waals surface area contributed by atoms with Gasteiger partial charge in [-0.1, -0.05) is 106 Å². The Hall–Kier alpha value is -3.20. The van der Waals surface area contributed by atoms with Crippen molar-refractivity contribution in [2.45, 2.75) is 26.8 Å². The second kappa shape index (κ2) is 7.43. The molecule has 0 radical (unpaired) electrons. The number of nitrogens with one attached hydrogen (secondary N) is 1. The lowest BCUT2D eigenvalue weighted by molar-refractivity contribution is 0.347. The summed E-state index contributed by atoms with van der Waals surface area (Å²) >= 11 is 0. The van der Waals surface area contributed by atoms with Gasteiger partial charge in [0.1, 0.15) is 5.69 Å². The highest BCUT2D eigenvalue weighted by molar-refractivity contribution is 6.00. The molecule has 0 amide bonds. The predicted molar refractivity (Wildman–Crippen MR) is 117 cm³/mol. The normalized spacial score (nSPS) is 12.7. The van der Waals surface area contributed by atoms with E-state index in [1.165, 1.54) is 5.56 Å². The summed E-state index contributed by atoms with van der Waals surface area (Å²) in [5, 5.41) is 15.1. The van der Waals surface area contributed by atoms with E-state index in [-0.39, 0.29) is 11.5 Å². The van der Waals surface area contributed by atoms with Crippen LogP contribution in [0.5, 0.6) is 0 Å². The maximum absolute atomic E-state index is 4.60. The summed E-state index contributed by atoms with van der Waals surface area (Å²) in [5.41, 5.74) is 3.25. The number of hydrogen-bond donors (Lipinski definition) is 1. The van der Waals surface area contributed by atoms with Gasteiger partial charge in [-0.2, -0.15) is 0 Å². The predicted octanol–water partition coefficient (Wildman–Crippen LogP) is 6.50. The molecule has 4 rings (SSSR count). The van der Waals surface area contributed by atoms with Crippen LogP contribution in [0.1, 0.15) is 32.4 Å². The zero-order valence-electron chi connectivity index (χ0n) is 16.6. The Morgan fingerprint density at radius 1 is 0.679 bits per heavy atom. The lowest BCUT2D eigenvalue weighted by Gasteiger charge is -2.32. The Balaban J connectivity index is 1.81. The van der Waals surface area contributed by atoms with E-state index >= 15 is 0 Å². The van der Waals surface area contributed by atoms with Crippen LogP contribution in [0.4, 0.5) is 5.82 Å². The fraction of sp³-hybridized carbons (Fsp3) is 0.200. The Morgan fingerprint density at radius 2 is 1.25 bits per heavy atom. The van der Waals surface area contributed by atoms with Gasteiger partial charge in [-0.25, -0.2) is 0 Å². The second-order valence-electron chi connectivity index (χ2n) is 8.16. The number of benzene rings is 3.